The SMILES string of the molecule is O=C(NC1CCN(Cc2ccc(Cl)cc2)CC1)c1cccc2cn[nH]c12. The summed E-state index contributed by atoms with van der Waals surface area (Å²) in [5, 5.41) is 11.8. The first-order valence-corrected chi connectivity index (χ1v) is 9.26. The van der Waals surface area contributed by atoms with Gasteiger partial charge in [-0.2, -0.15) is 5.10 Å². The molecule has 1 aliphatic rings. The normalized spacial score (nSPS) is 16.0. The molecule has 0 unspecified atom stereocenters. The number of rotatable bonds is 4. The molecule has 134 valence electrons. The van der Waals surface area contributed by atoms with Crippen LogP contribution in [-0.2, 0) is 6.54 Å². The maximum atomic E-state index is 12.6. The number of piperidine rings is 1. The number of carbonyl (C=O) groups excluding carboxylic acids is 1. The van der Waals surface area contributed by atoms with Gasteiger partial charge in [0, 0.05) is 36.1 Å². The third kappa shape index (κ3) is 3.74. The number of likely N-dealkylation sites (tertiary alicyclic amines) is 1. The van der Waals surface area contributed by atoms with Crippen molar-refractivity contribution in [3.05, 3.63) is 64.8 Å². The van der Waals surface area contributed by atoms with E-state index in [-0.39, 0.29) is 11.9 Å². The van der Waals surface area contributed by atoms with Gasteiger partial charge >= 0.3 is 0 Å². The van der Waals surface area contributed by atoms with Crippen LogP contribution in [0, 0.1) is 0 Å². The largest absolute Gasteiger partial charge is 0.349 e. The van der Waals surface area contributed by atoms with Crippen molar-refractivity contribution < 1.29 is 4.79 Å². The molecule has 1 aromatic heterocycles. The summed E-state index contributed by atoms with van der Waals surface area (Å²) in [5.74, 6) is -0.0315. The Morgan fingerprint density at radius 1 is 1.19 bits per heavy atom. The Morgan fingerprint density at radius 3 is 2.73 bits per heavy atom. The number of H-pyrrole nitrogens is 1. The number of para-hydroxylation sites is 1. The first-order chi connectivity index (χ1) is 12.7. The number of nitrogens with zero attached hydrogens (tertiary/aromatic N) is 2. The van der Waals surface area contributed by atoms with Crippen LogP contribution in [0.1, 0.15) is 28.8 Å². The standard InChI is InChI=1S/C20H21ClN4O/c21-16-6-4-14(5-7-16)13-25-10-8-17(9-11-25)23-20(26)18-3-1-2-15-12-22-24-19(15)18/h1-7,12,17H,8-11,13H2,(H,22,24)(H,23,26). The van der Waals surface area contributed by atoms with Gasteiger partial charge in [-0.15, -0.1) is 0 Å². The molecule has 6 heteroatoms. The van der Waals surface area contributed by atoms with Crippen molar-refractivity contribution in [2.75, 3.05) is 13.1 Å². The number of aromatic amines is 1. The van der Waals surface area contributed by atoms with Gasteiger partial charge in [-0.1, -0.05) is 35.9 Å². The number of aromatic nitrogens is 2. The van der Waals surface area contributed by atoms with E-state index in [1.807, 2.05) is 30.3 Å². The molecule has 26 heavy (non-hydrogen) atoms. The van der Waals surface area contributed by atoms with Crippen molar-refractivity contribution >= 4 is 28.4 Å². The van der Waals surface area contributed by atoms with Crippen molar-refractivity contribution in [1.82, 2.24) is 20.4 Å². The fraction of sp³-hybridized carbons (Fsp3) is 0.300. The number of fused-ring (bicyclic) bond motifs is 1. The monoisotopic (exact) mass is 368 g/mol. The van der Waals surface area contributed by atoms with Gasteiger partial charge in [0.1, 0.15) is 0 Å². The van der Waals surface area contributed by atoms with E-state index in [0.717, 1.165) is 48.4 Å². The molecule has 2 N–H and O–H groups in total. The number of amides is 1. The van der Waals surface area contributed by atoms with E-state index < -0.39 is 0 Å². The summed E-state index contributed by atoms with van der Waals surface area (Å²) in [7, 11) is 0. The number of hydrogen-bond donors (Lipinski definition) is 2. The molecule has 2 heterocycles. The van der Waals surface area contributed by atoms with Gasteiger partial charge in [-0.25, -0.2) is 0 Å². The molecule has 1 saturated heterocycles. The van der Waals surface area contributed by atoms with Crippen LogP contribution in [0.2, 0.25) is 5.02 Å². The Labute approximate surface area is 157 Å². The molecule has 0 saturated carbocycles. The molecule has 1 amide bonds. The first-order valence-electron chi connectivity index (χ1n) is 8.89. The highest BCUT2D eigenvalue weighted by molar-refractivity contribution is 6.30. The molecule has 0 bridgehead atoms. The third-order valence-corrected chi connectivity index (χ3v) is 5.22. The van der Waals surface area contributed by atoms with Gasteiger partial charge in [-0.3, -0.25) is 14.8 Å². The Morgan fingerprint density at radius 2 is 1.96 bits per heavy atom. The van der Waals surface area contributed by atoms with E-state index >= 15 is 0 Å². The maximum Gasteiger partial charge on any atom is 0.253 e. The predicted molar refractivity (Wildman–Crippen MR) is 103 cm³/mol. The van der Waals surface area contributed by atoms with Gasteiger partial charge < -0.3 is 5.32 Å². The lowest BCUT2D eigenvalue weighted by atomic mass is 10.0. The van der Waals surface area contributed by atoms with Gasteiger partial charge in [0.25, 0.3) is 5.91 Å². The fourth-order valence-corrected chi connectivity index (χ4v) is 3.63. The molecule has 0 aliphatic carbocycles. The molecule has 4 rings (SSSR count). The van der Waals surface area contributed by atoms with E-state index in [2.05, 4.69) is 32.5 Å². The molecule has 0 radical (unpaired) electrons. The second kappa shape index (κ2) is 7.48. The topological polar surface area (TPSA) is 61.0 Å². The van der Waals surface area contributed by atoms with Crippen LogP contribution >= 0.6 is 11.6 Å². The lowest BCUT2D eigenvalue weighted by Gasteiger charge is -2.32. The highest BCUT2D eigenvalue weighted by Gasteiger charge is 2.22. The fourth-order valence-electron chi connectivity index (χ4n) is 3.50. The van der Waals surface area contributed by atoms with Crippen LogP contribution in [0.4, 0.5) is 0 Å². The molecule has 3 aromatic rings. The molecule has 0 atom stereocenters. The van der Waals surface area contributed by atoms with Crippen molar-refractivity contribution in [3.63, 3.8) is 0 Å². The molecule has 5 nitrogen and oxygen atoms in total. The van der Waals surface area contributed by atoms with E-state index in [4.69, 9.17) is 11.6 Å². The zero-order chi connectivity index (χ0) is 17.9. The molecule has 0 spiro atoms. The number of halogens is 1. The minimum Gasteiger partial charge on any atom is -0.349 e. The van der Waals surface area contributed by atoms with Crippen LogP contribution in [0.25, 0.3) is 10.9 Å². The molecular weight excluding hydrogens is 348 g/mol. The van der Waals surface area contributed by atoms with Gasteiger partial charge in [-0.05, 0) is 36.6 Å². The number of hydrogen-bond acceptors (Lipinski definition) is 3. The average molecular weight is 369 g/mol. The number of nitrogens with one attached hydrogen (secondary N) is 2. The van der Waals surface area contributed by atoms with Crippen molar-refractivity contribution in [2.24, 2.45) is 0 Å². The molecule has 2 aromatic carbocycles. The van der Waals surface area contributed by atoms with Crippen LogP contribution < -0.4 is 5.32 Å². The van der Waals surface area contributed by atoms with Crippen LogP contribution in [0.3, 0.4) is 0 Å². The zero-order valence-electron chi connectivity index (χ0n) is 14.4. The van der Waals surface area contributed by atoms with Gasteiger partial charge in [0.15, 0.2) is 0 Å². The average Bonchev–Trinajstić information content (AvgIpc) is 3.14. The Hall–Kier alpha value is -2.37. The number of carbonyl (C=O) groups is 1. The predicted octanol–water partition coefficient (Wildman–Crippen LogP) is 3.61. The smallest absolute Gasteiger partial charge is 0.253 e. The second-order valence-electron chi connectivity index (χ2n) is 6.79. The third-order valence-electron chi connectivity index (χ3n) is 4.96. The summed E-state index contributed by atoms with van der Waals surface area (Å²) in [5.41, 5.74) is 2.72. The van der Waals surface area contributed by atoms with Gasteiger partial charge in [0.05, 0.1) is 17.3 Å². The van der Waals surface area contributed by atoms with E-state index in [1.54, 1.807) is 6.20 Å². The summed E-state index contributed by atoms with van der Waals surface area (Å²) in [6.45, 7) is 2.87. The van der Waals surface area contributed by atoms with E-state index in [1.165, 1.54) is 5.56 Å². The lowest BCUT2D eigenvalue weighted by Crippen LogP contribution is -2.44. The minimum atomic E-state index is -0.0315. The summed E-state index contributed by atoms with van der Waals surface area (Å²) >= 11 is 5.94. The first kappa shape index (κ1) is 17.1. The quantitative estimate of drug-likeness (QED) is 0.739. The van der Waals surface area contributed by atoms with Crippen LogP contribution in [0.5, 0.6) is 0 Å². The Balaban J connectivity index is 1.33. The Bertz CT molecular complexity index is 898. The van der Waals surface area contributed by atoms with Crippen LogP contribution in [0.15, 0.2) is 48.7 Å². The van der Waals surface area contributed by atoms with E-state index in [0.29, 0.717) is 5.56 Å². The minimum absolute atomic E-state index is 0.0315. The summed E-state index contributed by atoms with van der Waals surface area (Å²) < 4.78 is 0. The summed E-state index contributed by atoms with van der Waals surface area (Å²) in [6, 6.07) is 13.9. The Kier molecular flexibility index (Phi) is 4.91. The summed E-state index contributed by atoms with van der Waals surface area (Å²) in [6.07, 6.45) is 3.65. The van der Waals surface area contributed by atoms with Gasteiger partial charge in [0.2, 0.25) is 0 Å². The van der Waals surface area contributed by atoms with Crippen molar-refractivity contribution in [2.45, 2.75) is 25.4 Å². The highest BCUT2D eigenvalue weighted by atomic mass is 35.5. The number of benzene rings is 2. The van der Waals surface area contributed by atoms with Crippen molar-refractivity contribution in [3.8, 4) is 0 Å². The second-order valence-corrected chi connectivity index (χ2v) is 7.23. The molecule has 1 aliphatic heterocycles. The van der Waals surface area contributed by atoms with E-state index in [9.17, 15) is 4.79 Å². The molecular formula is C20H21ClN4O. The lowest BCUT2D eigenvalue weighted by molar-refractivity contribution is 0.0910. The summed E-state index contributed by atoms with van der Waals surface area (Å²) in [4.78, 5) is 15.1. The maximum absolute atomic E-state index is 12.6. The van der Waals surface area contributed by atoms with Crippen molar-refractivity contribution in [1.29, 1.82) is 0 Å². The zero-order valence-corrected chi connectivity index (χ0v) is 15.2. The highest BCUT2D eigenvalue weighted by Crippen LogP contribution is 2.18. The molecule has 1 fully saturated rings. The van der Waals surface area contributed by atoms with Crippen LogP contribution in [-0.4, -0.2) is 40.1 Å².